The molecule has 0 saturated carbocycles. The summed E-state index contributed by atoms with van der Waals surface area (Å²) in [5, 5.41) is 0. The van der Waals surface area contributed by atoms with Crippen molar-refractivity contribution in [3.8, 4) is 0 Å². The molecule has 28 heavy (non-hydrogen) atoms. The van der Waals surface area contributed by atoms with E-state index in [1.54, 1.807) is 0 Å². The molecule has 0 N–H and O–H groups in total. The highest BCUT2D eigenvalue weighted by Gasteiger charge is 2.18. The first kappa shape index (κ1) is 27.5. The fraction of sp³-hybridized carbons (Fsp3) is 0.950. The van der Waals surface area contributed by atoms with Crippen LogP contribution in [0.25, 0.3) is 0 Å². The SMILES string of the molecule is CCCCCCCCCCC(COC(C)=O)COP(=O)([O-])OCC[N+](C)(C)C. The maximum atomic E-state index is 11.9. The van der Waals surface area contributed by atoms with Crippen molar-refractivity contribution in [2.45, 2.75) is 71.6 Å². The van der Waals surface area contributed by atoms with Crippen LogP contribution in [-0.2, 0) is 23.1 Å². The van der Waals surface area contributed by atoms with Gasteiger partial charge in [0.2, 0.25) is 0 Å². The summed E-state index contributed by atoms with van der Waals surface area (Å²) in [5.74, 6) is -0.515. The van der Waals surface area contributed by atoms with Crippen molar-refractivity contribution in [2.75, 3.05) is 47.5 Å². The minimum atomic E-state index is -4.34. The molecule has 0 aromatic carbocycles. The molecule has 0 fully saturated rings. The van der Waals surface area contributed by atoms with Crippen molar-refractivity contribution in [3.05, 3.63) is 0 Å². The number of hydrogen-bond acceptors (Lipinski definition) is 6. The number of phosphoric acid groups is 1. The molecule has 0 bridgehead atoms. The molecule has 0 spiro atoms. The summed E-state index contributed by atoms with van der Waals surface area (Å²) >= 11 is 0. The van der Waals surface area contributed by atoms with Crippen LogP contribution in [0.4, 0.5) is 0 Å². The molecule has 2 unspecified atom stereocenters. The van der Waals surface area contributed by atoms with Crippen LogP contribution in [-0.4, -0.2) is 58.0 Å². The number of ether oxygens (including phenoxy) is 1. The molecule has 0 heterocycles. The van der Waals surface area contributed by atoms with Crippen LogP contribution in [0.1, 0.15) is 71.6 Å². The highest BCUT2D eigenvalue weighted by atomic mass is 31.2. The van der Waals surface area contributed by atoms with E-state index in [1.807, 2.05) is 21.1 Å². The predicted molar refractivity (Wildman–Crippen MR) is 110 cm³/mol. The Bertz CT molecular complexity index is 452. The van der Waals surface area contributed by atoms with Gasteiger partial charge >= 0.3 is 5.97 Å². The molecule has 168 valence electrons. The third-order valence-corrected chi connectivity index (χ3v) is 5.43. The van der Waals surface area contributed by atoms with Crippen molar-refractivity contribution < 1.29 is 32.5 Å². The number of carbonyl (C=O) groups excluding carboxylic acids is 1. The minimum Gasteiger partial charge on any atom is -0.756 e. The summed E-state index contributed by atoms with van der Waals surface area (Å²) in [7, 11) is 1.53. The topological polar surface area (TPSA) is 84.9 Å². The lowest BCUT2D eigenvalue weighted by Crippen LogP contribution is -2.37. The van der Waals surface area contributed by atoms with E-state index in [0.717, 1.165) is 19.3 Å². The first-order valence-electron chi connectivity index (χ1n) is 10.6. The van der Waals surface area contributed by atoms with Crippen molar-refractivity contribution in [3.63, 3.8) is 0 Å². The Hall–Kier alpha value is -0.460. The third-order valence-electron chi connectivity index (χ3n) is 4.47. The summed E-state index contributed by atoms with van der Waals surface area (Å²) in [6.07, 6.45) is 10.4. The van der Waals surface area contributed by atoms with E-state index in [4.69, 9.17) is 13.8 Å². The Morgan fingerprint density at radius 3 is 2.07 bits per heavy atom. The molecule has 2 atom stereocenters. The molecule has 0 saturated heterocycles. The Balaban J connectivity index is 4.18. The van der Waals surface area contributed by atoms with E-state index < -0.39 is 7.82 Å². The summed E-state index contributed by atoms with van der Waals surface area (Å²) in [6, 6.07) is 0. The number of rotatable bonds is 18. The van der Waals surface area contributed by atoms with E-state index in [9.17, 15) is 14.3 Å². The molecule has 0 aromatic heterocycles. The van der Waals surface area contributed by atoms with Crippen LogP contribution < -0.4 is 4.89 Å². The van der Waals surface area contributed by atoms with Gasteiger partial charge in [0.1, 0.15) is 13.2 Å². The quantitative estimate of drug-likeness (QED) is 0.144. The normalized spacial score (nSPS) is 15.2. The number of nitrogens with zero attached hydrogens (tertiary/aromatic N) is 1. The molecule has 0 aliphatic carbocycles. The fourth-order valence-electron chi connectivity index (χ4n) is 2.68. The lowest BCUT2D eigenvalue weighted by atomic mass is 10.0. The van der Waals surface area contributed by atoms with E-state index >= 15 is 0 Å². The highest BCUT2D eigenvalue weighted by Crippen LogP contribution is 2.39. The van der Waals surface area contributed by atoms with Crippen molar-refractivity contribution in [1.29, 1.82) is 0 Å². The number of phosphoric ester groups is 1. The molecule has 7 nitrogen and oxygen atoms in total. The number of unbranched alkanes of at least 4 members (excludes halogenated alkanes) is 7. The molecular weight excluding hydrogens is 381 g/mol. The van der Waals surface area contributed by atoms with Crippen LogP contribution in [0.2, 0.25) is 0 Å². The average Bonchev–Trinajstić information content (AvgIpc) is 2.57. The second-order valence-electron chi connectivity index (χ2n) is 8.52. The van der Waals surface area contributed by atoms with Crippen LogP contribution >= 0.6 is 7.82 Å². The first-order chi connectivity index (χ1) is 13.1. The van der Waals surface area contributed by atoms with Crippen LogP contribution in [0.3, 0.4) is 0 Å². The number of hydrogen-bond donors (Lipinski definition) is 0. The van der Waals surface area contributed by atoms with E-state index in [1.165, 1.54) is 45.4 Å². The lowest BCUT2D eigenvalue weighted by molar-refractivity contribution is -0.870. The minimum absolute atomic E-state index is 0.0189. The van der Waals surface area contributed by atoms with Gasteiger partial charge in [0.15, 0.2) is 0 Å². The summed E-state index contributed by atoms with van der Waals surface area (Å²) < 4.78 is 27.6. The van der Waals surface area contributed by atoms with Crippen LogP contribution in [0.5, 0.6) is 0 Å². The number of carbonyl (C=O) groups is 1. The van der Waals surface area contributed by atoms with Crippen LogP contribution in [0, 0.1) is 5.92 Å². The van der Waals surface area contributed by atoms with E-state index in [2.05, 4.69) is 6.92 Å². The predicted octanol–water partition coefficient (Wildman–Crippen LogP) is 3.90. The molecule has 0 aliphatic heterocycles. The van der Waals surface area contributed by atoms with Gasteiger partial charge < -0.3 is 23.2 Å². The zero-order valence-electron chi connectivity index (χ0n) is 18.6. The molecule has 0 aliphatic rings. The Morgan fingerprint density at radius 2 is 1.54 bits per heavy atom. The Morgan fingerprint density at radius 1 is 0.964 bits per heavy atom. The Labute approximate surface area is 171 Å². The Kier molecular flexibility index (Phi) is 15.1. The monoisotopic (exact) mass is 423 g/mol. The van der Waals surface area contributed by atoms with E-state index in [-0.39, 0.29) is 31.7 Å². The lowest BCUT2D eigenvalue weighted by Gasteiger charge is -2.28. The van der Waals surface area contributed by atoms with Gasteiger partial charge in [0.25, 0.3) is 7.82 Å². The average molecular weight is 424 g/mol. The second kappa shape index (κ2) is 15.4. The highest BCUT2D eigenvalue weighted by molar-refractivity contribution is 7.45. The van der Waals surface area contributed by atoms with Gasteiger partial charge in [-0.1, -0.05) is 58.3 Å². The standard InChI is InChI=1S/C20H42NO6P/c1-6-7-8-9-10-11-12-13-14-20(17-25-19(2)22)18-27-28(23,24)26-16-15-21(3,4)5/h20H,6-18H2,1-5H3. The maximum absolute atomic E-state index is 11.9. The van der Waals surface area contributed by atoms with Crippen molar-refractivity contribution in [1.82, 2.24) is 0 Å². The molecule has 0 aromatic rings. The number of likely N-dealkylation sites (N-methyl/N-ethyl adjacent to an activating group) is 1. The zero-order chi connectivity index (χ0) is 21.5. The number of quaternary nitrogens is 1. The smallest absolute Gasteiger partial charge is 0.302 e. The summed E-state index contributed by atoms with van der Waals surface area (Å²) in [5.41, 5.74) is 0. The molecule has 8 heteroatoms. The summed E-state index contributed by atoms with van der Waals surface area (Å²) in [4.78, 5) is 23.0. The van der Waals surface area contributed by atoms with Crippen LogP contribution in [0.15, 0.2) is 0 Å². The molecule has 0 rings (SSSR count). The zero-order valence-corrected chi connectivity index (χ0v) is 19.5. The fourth-order valence-corrected chi connectivity index (χ4v) is 3.45. The van der Waals surface area contributed by atoms with E-state index in [0.29, 0.717) is 11.0 Å². The van der Waals surface area contributed by atoms with Gasteiger partial charge in [-0.25, -0.2) is 0 Å². The largest absolute Gasteiger partial charge is 0.756 e. The molecule has 0 amide bonds. The summed E-state index contributed by atoms with van der Waals surface area (Å²) in [6.45, 7) is 4.35. The number of esters is 1. The van der Waals surface area contributed by atoms with Gasteiger partial charge in [-0.15, -0.1) is 0 Å². The van der Waals surface area contributed by atoms with Gasteiger partial charge in [-0.2, -0.15) is 0 Å². The first-order valence-corrected chi connectivity index (χ1v) is 12.1. The van der Waals surface area contributed by atoms with Gasteiger partial charge in [-0.05, 0) is 6.42 Å². The molecular formula is C20H42NO6P. The maximum Gasteiger partial charge on any atom is 0.302 e. The van der Waals surface area contributed by atoms with Crippen molar-refractivity contribution >= 4 is 13.8 Å². The molecule has 0 radical (unpaired) electrons. The second-order valence-corrected chi connectivity index (χ2v) is 9.93. The van der Waals surface area contributed by atoms with Gasteiger partial charge in [0, 0.05) is 12.8 Å². The van der Waals surface area contributed by atoms with Crippen molar-refractivity contribution in [2.24, 2.45) is 5.92 Å². The van der Waals surface area contributed by atoms with Gasteiger partial charge in [-0.3, -0.25) is 9.36 Å². The van der Waals surface area contributed by atoms with Gasteiger partial charge in [0.05, 0.1) is 34.4 Å². The third kappa shape index (κ3) is 18.9.